The number of nitrogens with zero attached hydrogens (tertiary/aromatic N) is 1. The maximum Gasteiger partial charge on any atom is 0.286 e. The van der Waals surface area contributed by atoms with Gasteiger partial charge in [0.15, 0.2) is 0 Å². The van der Waals surface area contributed by atoms with Crippen molar-refractivity contribution in [3.05, 3.63) is 54.1 Å². The number of nitrogens with one attached hydrogen (secondary N) is 2. The van der Waals surface area contributed by atoms with Crippen molar-refractivity contribution in [1.82, 2.24) is 0 Å². The highest BCUT2D eigenvalue weighted by atomic mass is 32.2. The lowest BCUT2D eigenvalue weighted by molar-refractivity contribution is -0.115. The van der Waals surface area contributed by atoms with Gasteiger partial charge in [0.2, 0.25) is 5.91 Å². The molecule has 0 fully saturated rings. The standard InChI is InChI=1S/C17H17N3O3S/c1-2-12-7-9-13(10-8-12)18-17(21)11-16-19-14-5-3-4-6-15(14)24(22,23)20-16/h3-10H,2,11H2,1H3,(H,18,21)(H,19,20). The minimum atomic E-state index is -3.77. The molecule has 0 spiro atoms. The summed E-state index contributed by atoms with van der Waals surface area (Å²) in [5.41, 5.74) is 2.27. The predicted molar refractivity (Wildman–Crippen MR) is 93.8 cm³/mol. The zero-order valence-corrected chi connectivity index (χ0v) is 13.9. The summed E-state index contributed by atoms with van der Waals surface area (Å²) in [5, 5.41) is 5.63. The average Bonchev–Trinajstić information content (AvgIpc) is 2.55. The first-order valence-corrected chi connectivity index (χ1v) is 9.00. The van der Waals surface area contributed by atoms with Crippen molar-refractivity contribution < 1.29 is 13.2 Å². The van der Waals surface area contributed by atoms with E-state index in [4.69, 9.17) is 0 Å². The Balaban J connectivity index is 1.72. The van der Waals surface area contributed by atoms with Gasteiger partial charge in [-0.05, 0) is 36.2 Å². The van der Waals surface area contributed by atoms with Crippen molar-refractivity contribution in [3.8, 4) is 0 Å². The summed E-state index contributed by atoms with van der Waals surface area (Å²) in [6.07, 6.45) is 0.773. The van der Waals surface area contributed by atoms with Crippen molar-refractivity contribution in [2.75, 3.05) is 10.6 Å². The number of para-hydroxylation sites is 1. The van der Waals surface area contributed by atoms with Crippen LogP contribution >= 0.6 is 0 Å². The number of aryl methyl sites for hydroxylation is 1. The first-order chi connectivity index (χ1) is 11.5. The third kappa shape index (κ3) is 3.46. The van der Waals surface area contributed by atoms with Crippen molar-refractivity contribution in [2.45, 2.75) is 24.7 Å². The summed E-state index contributed by atoms with van der Waals surface area (Å²) >= 11 is 0. The van der Waals surface area contributed by atoms with Crippen LogP contribution in [0.5, 0.6) is 0 Å². The Morgan fingerprint density at radius 3 is 2.54 bits per heavy atom. The molecule has 0 saturated heterocycles. The molecule has 2 aromatic rings. The van der Waals surface area contributed by atoms with Crippen LogP contribution in [0.15, 0.2) is 57.8 Å². The summed E-state index contributed by atoms with van der Waals surface area (Å²) in [5.74, 6) is -0.226. The van der Waals surface area contributed by atoms with Gasteiger partial charge in [-0.15, -0.1) is 4.40 Å². The Kier molecular flexibility index (Phi) is 4.35. The first-order valence-electron chi connectivity index (χ1n) is 7.56. The van der Waals surface area contributed by atoms with Gasteiger partial charge < -0.3 is 10.6 Å². The SMILES string of the molecule is CCc1ccc(NC(=O)CC2=NS(=O)(=O)c3ccccc3N2)cc1. The first kappa shape index (κ1) is 16.2. The fourth-order valence-electron chi connectivity index (χ4n) is 2.42. The second kappa shape index (κ2) is 6.45. The molecule has 7 heteroatoms. The van der Waals surface area contributed by atoms with Gasteiger partial charge in [0.1, 0.15) is 10.7 Å². The number of benzene rings is 2. The molecule has 1 amide bonds. The summed E-state index contributed by atoms with van der Waals surface area (Å²) in [7, 11) is -3.77. The highest BCUT2D eigenvalue weighted by Crippen LogP contribution is 2.27. The molecule has 1 aliphatic heterocycles. The molecule has 2 N–H and O–H groups in total. The summed E-state index contributed by atoms with van der Waals surface area (Å²) < 4.78 is 28.0. The molecule has 0 aromatic heterocycles. The number of carbonyl (C=O) groups excluding carboxylic acids is 1. The van der Waals surface area contributed by atoms with Crippen molar-refractivity contribution in [1.29, 1.82) is 0 Å². The number of carbonyl (C=O) groups is 1. The lowest BCUT2D eigenvalue weighted by atomic mass is 10.1. The molecule has 0 aliphatic carbocycles. The number of hydrogen-bond acceptors (Lipinski definition) is 4. The van der Waals surface area contributed by atoms with E-state index in [1.807, 2.05) is 24.3 Å². The van der Waals surface area contributed by atoms with E-state index in [9.17, 15) is 13.2 Å². The Morgan fingerprint density at radius 1 is 1.12 bits per heavy atom. The van der Waals surface area contributed by atoms with Crippen molar-refractivity contribution in [3.63, 3.8) is 0 Å². The maximum absolute atomic E-state index is 12.1. The Morgan fingerprint density at radius 2 is 1.83 bits per heavy atom. The lowest BCUT2D eigenvalue weighted by Crippen LogP contribution is -2.26. The zero-order valence-electron chi connectivity index (χ0n) is 13.1. The van der Waals surface area contributed by atoms with Crippen LogP contribution in [-0.2, 0) is 21.2 Å². The van der Waals surface area contributed by atoms with Gasteiger partial charge >= 0.3 is 0 Å². The second-order valence-electron chi connectivity index (χ2n) is 5.41. The van der Waals surface area contributed by atoms with Gasteiger partial charge in [0.05, 0.1) is 12.1 Å². The highest BCUT2D eigenvalue weighted by Gasteiger charge is 2.25. The van der Waals surface area contributed by atoms with Crippen LogP contribution in [0.25, 0.3) is 0 Å². The molecule has 2 aromatic carbocycles. The summed E-state index contributed by atoms with van der Waals surface area (Å²) in [6.45, 7) is 2.05. The van der Waals surface area contributed by atoms with Crippen LogP contribution in [0, 0.1) is 0 Å². The van der Waals surface area contributed by atoms with E-state index in [-0.39, 0.29) is 23.1 Å². The van der Waals surface area contributed by atoms with Gasteiger partial charge in [0.25, 0.3) is 10.0 Å². The van der Waals surface area contributed by atoms with E-state index in [1.165, 1.54) is 11.6 Å². The van der Waals surface area contributed by atoms with E-state index >= 15 is 0 Å². The molecular weight excluding hydrogens is 326 g/mol. The van der Waals surface area contributed by atoms with E-state index in [2.05, 4.69) is 22.0 Å². The molecule has 0 saturated carbocycles. The fourth-order valence-corrected chi connectivity index (χ4v) is 3.57. The molecule has 1 aliphatic rings. The third-order valence-corrected chi connectivity index (χ3v) is 5.02. The van der Waals surface area contributed by atoms with Gasteiger partial charge in [-0.1, -0.05) is 31.2 Å². The molecule has 3 rings (SSSR count). The van der Waals surface area contributed by atoms with Gasteiger partial charge in [-0.25, -0.2) is 0 Å². The van der Waals surface area contributed by atoms with E-state index in [0.717, 1.165) is 6.42 Å². The van der Waals surface area contributed by atoms with Crippen LogP contribution in [0.1, 0.15) is 18.9 Å². The van der Waals surface area contributed by atoms with Crippen molar-refractivity contribution in [2.24, 2.45) is 4.40 Å². The molecule has 24 heavy (non-hydrogen) atoms. The van der Waals surface area contributed by atoms with Gasteiger partial charge in [0, 0.05) is 5.69 Å². The highest BCUT2D eigenvalue weighted by molar-refractivity contribution is 7.90. The van der Waals surface area contributed by atoms with Crippen LogP contribution in [0.4, 0.5) is 11.4 Å². The predicted octanol–water partition coefficient (Wildman–Crippen LogP) is 2.79. The quantitative estimate of drug-likeness (QED) is 0.893. The third-order valence-electron chi connectivity index (χ3n) is 3.65. The minimum absolute atomic E-state index is 0.108. The van der Waals surface area contributed by atoms with E-state index < -0.39 is 10.0 Å². The number of rotatable bonds is 4. The number of sulfonamides is 1. The number of hydrogen-bond donors (Lipinski definition) is 2. The Bertz CT molecular complexity index is 903. The van der Waals surface area contributed by atoms with Gasteiger partial charge in [-0.3, -0.25) is 4.79 Å². The number of amidine groups is 1. The Labute approximate surface area is 140 Å². The van der Waals surface area contributed by atoms with Crippen LogP contribution in [0.3, 0.4) is 0 Å². The lowest BCUT2D eigenvalue weighted by Gasteiger charge is -2.17. The fraction of sp³-hybridized carbons (Fsp3) is 0.176. The molecule has 0 radical (unpaired) electrons. The normalized spacial score (nSPS) is 15.0. The molecule has 0 atom stereocenters. The average molecular weight is 343 g/mol. The van der Waals surface area contributed by atoms with Crippen LogP contribution < -0.4 is 10.6 Å². The molecule has 1 heterocycles. The van der Waals surface area contributed by atoms with E-state index in [1.54, 1.807) is 18.2 Å². The maximum atomic E-state index is 12.1. The van der Waals surface area contributed by atoms with Gasteiger partial charge in [-0.2, -0.15) is 8.42 Å². The summed E-state index contributed by atoms with van der Waals surface area (Å²) in [4.78, 5) is 12.2. The summed E-state index contributed by atoms with van der Waals surface area (Å²) in [6, 6.07) is 14.0. The monoisotopic (exact) mass is 343 g/mol. The second-order valence-corrected chi connectivity index (χ2v) is 6.98. The smallest absolute Gasteiger partial charge is 0.286 e. The van der Waals surface area contributed by atoms with E-state index in [0.29, 0.717) is 11.4 Å². The largest absolute Gasteiger partial charge is 0.341 e. The van der Waals surface area contributed by atoms with Crippen LogP contribution in [0.2, 0.25) is 0 Å². The number of fused-ring (bicyclic) bond motifs is 1. The zero-order chi connectivity index (χ0) is 17.2. The molecule has 0 bridgehead atoms. The number of anilines is 2. The molecule has 0 unspecified atom stereocenters. The van der Waals surface area contributed by atoms with Crippen LogP contribution in [-0.4, -0.2) is 20.2 Å². The molecular formula is C17H17N3O3S. The Hall–Kier alpha value is -2.67. The topological polar surface area (TPSA) is 87.6 Å². The molecule has 124 valence electrons. The molecule has 6 nitrogen and oxygen atoms in total. The van der Waals surface area contributed by atoms with Crippen molar-refractivity contribution >= 4 is 33.1 Å². The minimum Gasteiger partial charge on any atom is -0.341 e. The number of amides is 1.